The molecule has 3 N–H and O–H groups in total. The van der Waals surface area contributed by atoms with Crippen LogP contribution in [0.5, 0.6) is 0 Å². The van der Waals surface area contributed by atoms with Gasteiger partial charge in [0.1, 0.15) is 5.82 Å². The third-order valence-electron chi connectivity index (χ3n) is 5.80. The van der Waals surface area contributed by atoms with Crippen molar-refractivity contribution in [1.82, 2.24) is 20.5 Å². The van der Waals surface area contributed by atoms with Crippen molar-refractivity contribution >= 4 is 16.9 Å². The number of morpholine rings is 1. The van der Waals surface area contributed by atoms with E-state index in [-0.39, 0.29) is 17.9 Å². The number of carbonyl (C=O) groups excluding carboxylic acids is 1. The van der Waals surface area contributed by atoms with Crippen molar-refractivity contribution in [2.24, 2.45) is 0 Å². The van der Waals surface area contributed by atoms with Gasteiger partial charge in [0.25, 0.3) is 0 Å². The van der Waals surface area contributed by atoms with Crippen LogP contribution in [0.3, 0.4) is 0 Å². The number of nitrogens with one attached hydrogen (secondary N) is 3. The van der Waals surface area contributed by atoms with E-state index in [1.54, 1.807) is 12.1 Å². The van der Waals surface area contributed by atoms with Gasteiger partial charge in [0.2, 0.25) is 0 Å². The van der Waals surface area contributed by atoms with Crippen molar-refractivity contribution in [3.63, 3.8) is 0 Å². The van der Waals surface area contributed by atoms with Gasteiger partial charge < -0.3 is 20.4 Å². The minimum Gasteiger partial charge on any atom is -0.379 e. The van der Waals surface area contributed by atoms with Crippen LogP contribution in [-0.4, -0.2) is 55.3 Å². The first kappa shape index (κ1) is 21.3. The fraction of sp³-hybridized carbons (Fsp3) is 0.375. The molecular formula is C24H29FN4O2. The summed E-state index contributed by atoms with van der Waals surface area (Å²) in [6, 6.07) is 12.6. The minimum absolute atomic E-state index is 0.0212. The summed E-state index contributed by atoms with van der Waals surface area (Å²) in [7, 11) is 0. The zero-order valence-electron chi connectivity index (χ0n) is 17.8. The van der Waals surface area contributed by atoms with Crippen LogP contribution >= 0.6 is 0 Å². The molecule has 0 aliphatic carbocycles. The number of ether oxygens (including phenoxy) is 1. The second-order valence-electron chi connectivity index (χ2n) is 7.97. The van der Waals surface area contributed by atoms with Gasteiger partial charge in [-0.3, -0.25) is 4.90 Å². The average molecular weight is 425 g/mol. The van der Waals surface area contributed by atoms with E-state index in [4.69, 9.17) is 4.74 Å². The van der Waals surface area contributed by atoms with Crippen LogP contribution in [0, 0.1) is 12.7 Å². The van der Waals surface area contributed by atoms with Gasteiger partial charge in [-0.25, -0.2) is 9.18 Å². The molecule has 1 unspecified atom stereocenters. The lowest BCUT2D eigenvalue weighted by atomic mass is 10.0. The topological polar surface area (TPSA) is 69.4 Å². The van der Waals surface area contributed by atoms with Crippen molar-refractivity contribution in [3.8, 4) is 0 Å². The van der Waals surface area contributed by atoms with Crippen LogP contribution in [-0.2, 0) is 11.2 Å². The second kappa shape index (κ2) is 9.94. The number of fused-ring (bicyclic) bond motifs is 1. The van der Waals surface area contributed by atoms with Crippen molar-refractivity contribution < 1.29 is 13.9 Å². The lowest BCUT2D eigenvalue weighted by Crippen LogP contribution is -2.46. The summed E-state index contributed by atoms with van der Waals surface area (Å²) in [5, 5.41) is 7.12. The van der Waals surface area contributed by atoms with E-state index in [1.807, 2.05) is 6.20 Å². The molecule has 2 heterocycles. The van der Waals surface area contributed by atoms with Crippen LogP contribution in [0.25, 0.3) is 10.9 Å². The first-order chi connectivity index (χ1) is 15.1. The Labute approximate surface area is 181 Å². The zero-order valence-corrected chi connectivity index (χ0v) is 17.8. The molecule has 2 amide bonds. The molecule has 0 radical (unpaired) electrons. The Hall–Kier alpha value is -2.90. The van der Waals surface area contributed by atoms with Gasteiger partial charge >= 0.3 is 6.03 Å². The molecule has 0 spiro atoms. The molecule has 3 aromatic rings. The van der Waals surface area contributed by atoms with Crippen molar-refractivity contribution in [2.75, 3.05) is 39.4 Å². The number of urea groups is 1. The predicted octanol–water partition coefficient (Wildman–Crippen LogP) is 3.53. The summed E-state index contributed by atoms with van der Waals surface area (Å²) in [6.45, 7) is 5.95. The number of rotatable bonds is 7. The number of halogens is 1. The SMILES string of the molecule is Cc1ccc2c(CCNC(=O)NCC(c3ccc(F)cc3)N3CCOCC3)c[nH]c2c1. The van der Waals surface area contributed by atoms with Gasteiger partial charge in [-0.05, 0) is 48.2 Å². The maximum atomic E-state index is 13.4. The predicted molar refractivity (Wildman–Crippen MR) is 120 cm³/mol. The van der Waals surface area contributed by atoms with Gasteiger partial charge in [-0.1, -0.05) is 24.3 Å². The van der Waals surface area contributed by atoms with E-state index in [0.29, 0.717) is 26.3 Å². The van der Waals surface area contributed by atoms with Crippen LogP contribution in [0.15, 0.2) is 48.7 Å². The van der Waals surface area contributed by atoms with E-state index >= 15 is 0 Å². The highest BCUT2D eigenvalue weighted by Gasteiger charge is 2.23. The number of aryl methyl sites for hydroxylation is 1. The maximum Gasteiger partial charge on any atom is 0.314 e. The quantitative estimate of drug-likeness (QED) is 0.544. The molecule has 2 aromatic carbocycles. The summed E-state index contributed by atoms with van der Waals surface area (Å²) >= 11 is 0. The lowest BCUT2D eigenvalue weighted by Gasteiger charge is -2.35. The molecule has 31 heavy (non-hydrogen) atoms. The number of aromatic nitrogens is 1. The fourth-order valence-corrected chi connectivity index (χ4v) is 4.10. The minimum atomic E-state index is -0.261. The molecule has 0 bridgehead atoms. The third-order valence-corrected chi connectivity index (χ3v) is 5.80. The molecule has 1 atom stereocenters. The average Bonchev–Trinajstić information content (AvgIpc) is 3.18. The highest BCUT2D eigenvalue weighted by molar-refractivity contribution is 5.83. The van der Waals surface area contributed by atoms with Crippen molar-refractivity contribution in [1.29, 1.82) is 0 Å². The van der Waals surface area contributed by atoms with E-state index in [9.17, 15) is 9.18 Å². The molecule has 1 aliphatic heterocycles. The fourth-order valence-electron chi connectivity index (χ4n) is 4.10. The Kier molecular flexibility index (Phi) is 6.84. The Morgan fingerprint density at radius 1 is 1.16 bits per heavy atom. The van der Waals surface area contributed by atoms with Crippen LogP contribution < -0.4 is 10.6 Å². The van der Waals surface area contributed by atoms with E-state index in [1.165, 1.54) is 28.6 Å². The number of aromatic amines is 1. The first-order valence-electron chi connectivity index (χ1n) is 10.8. The van der Waals surface area contributed by atoms with Crippen LogP contribution in [0.2, 0.25) is 0 Å². The highest BCUT2D eigenvalue weighted by atomic mass is 19.1. The molecule has 7 heteroatoms. The summed E-state index contributed by atoms with van der Waals surface area (Å²) in [6.07, 6.45) is 2.76. The Balaban J connectivity index is 1.31. The normalized spacial score (nSPS) is 15.7. The Morgan fingerprint density at radius 3 is 2.71 bits per heavy atom. The Bertz CT molecular complexity index is 1010. The van der Waals surface area contributed by atoms with Gasteiger partial charge in [0.05, 0.1) is 19.3 Å². The van der Waals surface area contributed by atoms with Gasteiger partial charge in [0.15, 0.2) is 0 Å². The summed E-state index contributed by atoms with van der Waals surface area (Å²) < 4.78 is 18.8. The van der Waals surface area contributed by atoms with Crippen molar-refractivity contribution in [2.45, 2.75) is 19.4 Å². The molecule has 0 saturated carbocycles. The van der Waals surface area contributed by atoms with Gasteiger partial charge in [-0.15, -0.1) is 0 Å². The Morgan fingerprint density at radius 2 is 1.94 bits per heavy atom. The van der Waals surface area contributed by atoms with E-state index in [0.717, 1.165) is 30.6 Å². The largest absolute Gasteiger partial charge is 0.379 e. The molecule has 164 valence electrons. The lowest BCUT2D eigenvalue weighted by molar-refractivity contribution is 0.0167. The zero-order chi connectivity index (χ0) is 21.6. The number of H-pyrrole nitrogens is 1. The van der Waals surface area contributed by atoms with Crippen molar-refractivity contribution in [3.05, 3.63) is 71.2 Å². The monoisotopic (exact) mass is 424 g/mol. The van der Waals surface area contributed by atoms with Gasteiger partial charge in [-0.2, -0.15) is 0 Å². The number of nitrogens with zero attached hydrogens (tertiary/aromatic N) is 1. The molecule has 1 aromatic heterocycles. The van der Waals surface area contributed by atoms with Crippen LogP contribution in [0.4, 0.5) is 9.18 Å². The molecule has 6 nitrogen and oxygen atoms in total. The van der Waals surface area contributed by atoms with E-state index in [2.05, 4.69) is 45.6 Å². The number of benzene rings is 2. The summed E-state index contributed by atoms with van der Waals surface area (Å²) in [5.41, 5.74) is 4.51. The highest BCUT2D eigenvalue weighted by Crippen LogP contribution is 2.22. The van der Waals surface area contributed by atoms with Crippen LogP contribution in [0.1, 0.15) is 22.7 Å². The standard InChI is InChI=1S/C24H29FN4O2/c1-17-2-7-21-19(15-27-22(21)14-17)8-9-26-24(30)28-16-23(29-10-12-31-13-11-29)18-3-5-20(25)6-4-18/h2-7,14-15,23,27H,8-13,16H2,1H3,(H2,26,28,30). The first-order valence-corrected chi connectivity index (χ1v) is 10.8. The number of amides is 2. The molecular weight excluding hydrogens is 395 g/mol. The van der Waals surface area contributed by atoms with Gasteiger partial charge in [0, 0.05) is 43.3 Å². The third kappa shape index (κ3) is 5.42. The molecule has 4 rings (SSSR count). The number of carbonyl (C=O) groups is 1. The summed E-state index contributed by atoms with van der Waals surface area (Å²) in [4.78, 5) is 18.0. The maximum absolute atomic E-state index is 13.4. The number of hydrogen-bond donors (Lipinski definition) is 3. The number of hydrogen-bond acceptors (Lipinski definition) is 3. The molecule has 1 fully saturated rings. The smallest absolute Gasteiger partial charge is 0.314 e. The molecule has 1 saturated heterocycles. The van der Waals surface area contributed by atoms with E-state index < -0.39 is 0 Å². The summed E-state index contributed by atoms with van der Waals surface area (Å²) in [5.74, 6) is -0.261. The molecule has 1 aliphatic rings. The second-order valence-corrected chi connectivity index (χ2v) is 7.97.